The Hall–Kier alpha value is -4.32. The van der Waals surface area contributed by atoms with Gasteiger partial charge in [-0.1, -0.05) is 27.7 Å². The number of benzene rings is 1. The minimum Gasteiger partial charge on any atom is -0.369 e. The summed E-state index contributed by atoms with van der Waals surface area (Å²) in [5.74, 6) is -1.56. The van der Waals surface area contributed by atoms with Gasteiger partial charge in [-0.2, -0.15) is 0 Å². The van der Waals surface area contributed by atoms with Gasteiger partial charge in [0.25, 0.3) is 17.7 Å². The molecule has 4 aliphatic heterocycles. The highest BCUT2D eigenvalue weighted by Gasteiger charge is 2.53. The number of hydrogen-bond donors (Lipinski definition) is 2. The highest BCUT2D eigenvalue weighted by atomic mass is 16.2. The molecule has 1 unspecified atom stereocenters. The van der Waals surface area contributed by atoms with Gasteiger partial charge < -0.3 is 15.1 Å². The van der Waals surface area contributed by atoms with Crippen molar-refractivity contribution < 1.29 is 24.0 Å². The Morgan fingerprint density at radius 2 is 1.54 bits per heavy atom. The molecule has 0 radical (unpaired) electrons. The lowest BCUT2D eigenvalue weighted by Crippen LogP contribution is -2.63. The van der Waals surface area contributed by atoms with E-state index in [1.165, 1.54) is 0 Å². The minimum absolute atomic E-state index is 0.0165. The topological polar surface area (TPSA) is 135 Å². The molecular weight excluding hydrogens is 586 g/mol. The number of nitrogens with zero attached hydrogens (tertiary/aromatic N) is 5. The maximum absolute atomic E-state index is 13.2. The highest BCUT2D eigenvalue weighted by molar-refractivity contribution is 6.22. The van der Waals surface area contributed by atoms with Crippen LogP contribution in [0.5, 0.6) is 0 Å². The smallest absolute Gasteiger partial charge is 0.281 e. The number of rotatable bonds is 6. The second-order valence-corrected chi connectivity index (χ2v) is 14.7. The van der Waals surface area contributed by atoms with Crippen LogP contribution in [0.4, 0.5) is 11.5 Å². The Bertz CT molecular complexity index is 1610. The number of aromatic nitrogens is 1. The Morgan fingerprint density at radius 3 is 2.17 bits per heavy atom. The molecule has 4 fully saturated rings. The standard InChI is InChI=1S/C34H41N7O5/c1-33(2)19-34(3,4)32(33)37-28(43)20-5-7-21(8-6-20)38-13-15-39(16-14-38)22-17-40(18-22)25-11-9-23-27(35-25)31(46)41(30(23)45)24-10-12-26(42)36-29(24)44/h5-9,11,22,24,32H,10,12-19H2,1-4H3,(H,37,43)(H,36,42,44). The molecule has 12 heteroatoms. The molecule has 5 aliphatic rings. The first-order valence-corrected chi connectivity index (χ1v) is 16.2. The summed E-state index contributed by atoms with van der Waals surface area (Å²) in [6.45, 7) is 14.0. The van der Waals surface area contributed by atoms with Gasteiger partial charge in [-0.3, -0.25) is 39.1 Å². The van der Waals surface area contributed by atoms with E-state index in [4.69, 9.17) is 0 Å². The zero-order valence-corrected chi connectivity index (χ0v) is 26.8. The van der Waals surface area contributed by atoms with Crippen molar-refractivity contribution in [3.63, 3.8) is 0 Å². The third-order valence-corrected chi connectivity index (χ3v) is 10.5. The van der Waals surface area contributed by atoms with E-state index in [9.17, 15) is 24.0 Å². The van der Waals surface area contributed by atoms with E-state index < -0.39 is 29.7 Å². The Balaban J connectivity index is 0.908. The third-order valence-electron chi connectivity index (χ3n) is 10.5. The van der Waals surface area contributed by atoms with Gasteiger partial charge in [0, 0.05) is 69.0 Å². The molecule has 46 heavy (non-hydrogen) atoms. The van der Waals surface area contributed by atoms with E-state index in [1.54, 1.807) is 12.1 Å². The second-order valence-electron chi connectivity index (χ2n) is 14.7. The molecule has 1 atom stereocenters. The average molecular weight is 628 g/mol. The first-order valence-electron chi connectivity index (χ1n) is 16.2. The van der Waals surface area contributed by atoms with Crippen LogP contribution in [0.3, 0.4) is 0 Å². The molecule has 2 N–H and O–H groups in total. The van der Waals surface area contributed by atoms with Crippen molar-refractivity contribution in [2.45, 2.75) is 65.1 Å². The number of hydrogen-bond acceptors (Lipinski definition) is 9. The van der Waals surface area contributed by atoms with Crippen molar-refractivity contribution in [1.82, 2.24) is 25.4 Å². The number of piperidine rings is 1. The molecule has 1 saturated carbocycles. The fourth-order valence-corrected chi connectivity index (χ4v) is 8.46. The zero-order chi connectivity index (χ0) is 32.5. The summed E-state index contributed by atoms with van der Waals surface area (Å²) < 4.78 is 0. The van der Waals surface area contributed by atoms with Crippen LogP contribution >= 0.6 is 0 Å². The lowest BCUT2D eigenvalue weighted by molar-refractivity contribution is -0.136. The number of amides is 5. The quantitative estimate of drug-likeness (QED) is 0.462. The number of piperazine rings is 1. The first-order chi connectivity index (χ1) is 21.8. The zero-order valence-electron chi connectivity index (χ0n) is 26.8. The minimum atomic E-state index is -1.00. The molecule has 12 nitrogen and oxygen atoms in total. The van der Waals surface area contributed by atoms with Gasteiger partial charge in [-0.25, -0.2) is 4.98 Å². The van der Waals surface area contributed by atoms with Crippen LogP contribution in [0.15, 0.2) is 36.4 Å². The molecule has 1 aliphatic carbocycles. The van der Waals surface area contributed by atoms with Crippen molar-refractivity contribution in [2.75, 3.05) is 49.1 Å². The summed E-state index contributed by atoms with van der Waals surface area (Å²) in [6, 6.07) is 10.8. The molecule has 1 aromatic carbocycles. The molecule has 5 amide bonds. The number of carbonyl (C=O) groups excluding carboxylic acids is 5. The van der Waals surface area contributed by atoms with Gasteiger partial charge in [0.15, 0.2) is 0 Å². The monoisotopic (exact) mass is 627 g/mol. The van der Waals surface area contributed by atoms with Gasteiger partial charge in [-0.15, -0.1) is 0 Å². The maximum Gasteiger partial charge on any atom is 0.281 e. The van der Waals surface area contributed by atoms with Crippen LogP contribution in [0, 0.1) is 10.8 Å². The van der Waals surface area contributed by atoms with E-state index in [2.05, 4.69) is 58.0 Å². The van der Waals surface area contributed by atoms with Crippen molar-refractivity contribution >= 4 is 41.0 Å². The normalized spacial score (nSPS) is 24.8. The fourth-order valence-electron chi connectivity index (χ4n) is 8.46. The van der Waals surface area contributed by atoms with Crippen LogP contribution in [0.25, 0.3) is 0 Å². The summed E-state index contributed by atoms with van der Waals surface area (Å²) in [4.78, 5) is 75.4. The highest BCUT2D eigenvalue weighted by Crippen LogP contribution is 2.53. The molecule has 242 valence electrons. The van der Waals surface area contributed by atoms with Crippen molar-refractivity contribution in [3.05, 3.63) is 53.2 Å². The summed E-state index contributed by atoms with van der Waals surface area (Å²) in [6.07, 6.45) is 1.29. The molecular formula is C34H41N7O5. The molecule has 7 rings (SSSR count). The molecule has 0 spiro atoms. The van der Waals surface area contributed by atoms with E-state index in [0.717, 1.165) is 56.3 Å². The number of carbonyl (C=O) groups is 5. The third kappa shape index (κ3) is 5.12. The van der Waals surface area contributed by atoms with Crippen molar-refractivity contribution in [2.24, 2.45) is 10.8 Å². The Kier molecular flexibility index (Phi) is 7.18. The average Bonchev–Trinajstić information content (AvgIpc) is 3.23. The van der Waals surface area contributed by atoms with Crippen LogP contribution in [0.2, 0.25) is 0 Å². The summed E-state index contributed by atoms with van der Waals surface area (Å²) in [5.41, 5.74) is 2.26. The number of imide groups is 2. The number of nitrogens with one attached hydrogen (secondary N) is 2. The van der Waals surface area contributed by atoms with Crippen molar-refractivity contribution in [3.8, 4) is 0 Å². The SMILES string of the molecule is CC1(C)CC(C)(C)C1NC(=O)c1ccc(N2CCN(C3CN(c4ccc5c(n4)C(=O)N(C4CCC(=O)NC4=O)C5=O)C3)CC2)cc1. The Morgan fingerprint density at radius 1 is 0.870 bits per heavy atom. The van der Waals surface area contributed by atoms with E-state index >= 15 is 0 Å². The van der Waals surface area contributed by atoms with Crippen LogP contribution in [0.1, 0.15) is 78.2 Å². The first kappa shape index (κ1) is 30.3. The van der Waals surface area contributed by atoms with E-state index in [1.807, 2.05) is 24.3 Å². The Labute approximate surface area is 268 Å². The number of pyridine rings is 1. The maximum atomic E-state index is 13.2. The van der Waals surface area contributed by atoms with Crippen LogP contribution in [-0.2, 0) is 9.59 Å². The van der Waals surface area contributed by atoms with Gasteiger partial charge in [0.2, 0.25) is 11.8 Å². The summed E-state index contributed by atoms with van der Waals surface area (Å²) in [5, 5.41) is 5.48. The second kappa shape index (κ2) is 10.9. The lowest BCUT2D eigenvalue weighted by Gasteiger charge is -2.57. The number of anilines is 2. The molecule has 5 heterocycles. The lowest BCUT2D eigenvalue weighted by atomic mass is 9.52. The van der Waals surface area contributed by atoms with Gasteiger partial charge in [0.1, 0.15) is 17.6 Å². The van der Waals surface area contributed by atoms with E-state index in [-0.39, 0.29) is 46.9 Å². The fraction of sp³-hybridized carbons (Fsp3) is 0.529. The van der Waals surface area contributed by atoms with Gasteiger partial charge in [-0.05, 0) is 60.1 Å². The number of fused-ring (bicyclic) bond motifs is 1. The summed E-state index contributed by atoms with van der Waals surface area (Å²) in [7, 11) is 0. The largest absolute Gasteiger partial charge is 0.369 e. The predicted molar refractivity (Wildman–Crippen MR) is 171 cm³/mol. The van der Waals surface area contributed by atoms with Gasteiger partial charge in [0.05, 0.1) is 5.56 Å². The van der Waals surface area contributed by atoms with Crippen molar-refractivity contribution in [1.29, 1.82) is 0 Å². The predicted octanol–water partition coefficient (Wildman–Crippen LogP) is 2.05. The van der Waals surface area contributed by atoms with Crippen LogP contribution < -0.4 is 20.4 Å². The molecule has 2 aromatic rings. The summed E-state index contributed by atoms with van der Waals surface area (Å²) >= 11 is 0. The molecule has 3 saturated heterocycles. The van der Waals surface area contributed by atoms with E-state index in [0.29, 0.717) is 17.4 Å². The van der Waals surface area contributed by atoms with Gasteiger partial charge >= 0.3 is 0 Å². The van der Waals surface area contributed by atoms with Crippen LogP contribution in [-0.4, -0.2) is 102 Å². The molecule has 1 aromatic heterocycles. The molecule has 0 bridgehead atoms.